The summed E-state index contributed by atoms with van der Waals surface area (Å²) in [5.41, 5.74) is 1.24. The molecule has 0 bridgehead atoms. The van der Waals surface area contributed by atoms with Crippen molar-refractivity contribution in [3.8, 4) is 0 Å². The van der Waals surface area contributed by atoms with Crippen molar-refractivity contribution in [2.45, 2.75) is 19.9 Å². The van der Waals surface area contributed by atoms with Gasteiger partial charge in [-0.1, -0.05) is 0 Å². The normalized spacial score (nSPS) is 12.6. The number of amides is 1. The minimum atomic E-state index is -0.234. The van der Waals surface area contributed by atoms with E-state index in [-0.39, 0.29) is 18.6 Å². The van der Waals surface area contributed by atoms with Crippen LogP contribution in [0.3, 0.4) is 0 Å². The zero-order valence-corrected chi connectivity index (χ0v) is 8.61. The highest BCUT2D eigenvalue weighted by atomic mass is 16.3. The number of aliphatic hydroxyl groups excluding tert-OH is 1. The maximum absolute atomic E-state index is 11.6. The van der Waals surface area contributed by atoms with Gasteiger partial charge in [0.2, 0.25) is 0 Å². The molecule has 0 fully saturated rings. The fraction of sp³-hybridized carbons (Fsp3) is 0.556. The van der Waals surface area contributed by atoms with E-state index in [1.165, 1.54) is 0 Å². The van der Waals surface area contributed by atoms with Gasteiger partial charge in [-0.05, 0) is 13.8 Å². The van der Waals surface area contributed by atoms with Crippen molar-refractivity contribution in [2.24, 2.45) is 7.05 Å². The van der Waals surface area contributed by atoms with Crippen LogP contribution in [0.2, 0.25) is 0 Å². The van der Waals surface area contributed by atoms with Crippen LogP contribution in [0.4, 0.5) is 0 Å². The van der Waals surface area contributed by atoms with E-state index in [1.807, 2.05) is 0 Å². The van der Waals surface area contributed by atoms with Crippen molar-refractivity contribution in [3.05, 3.63) is 17.5 Å². The van der Waals surface area contributed by atoms with Gasteiger partial charge >= 0.3 is 0 Å². The number of aliphatic hydroxyl groups is 1. The molecule has 78 valence electrons. The zero-order chi connectivity index (χ0) is 10.7. The summed E-state index contributed by atoms with van der Waals surface area (Å²) in [6.45, 7) is 3.45. The van der Waals surface area contributed by atoms with Crippen LogP contribution in [-0.4, -0.2) is 33.4 Å². The maximum atomic E-state index is 11.6. The Morgan fingerprint density at radius 1 is 1.79 bits per heavy atom. The molecule has 0 saturated heterocycles. The summed E-state index contributed by atoms with van der Waals surface area (Å²) in [4.78, 5) is 11.6. The Kier molecular flexibility index (Phi) is 3.24. The fourth-order valence-corrected chi connectivity index (χ4v) is 1.17. The van der Waals surface area contributed by atoms with Gasteiger partial charge in [0.1, 0.15) is 0 Å². The van der Waals surface area contributed by atoms with Gasteiger partial charge in [0, 0.05) is 19.3 Å². The van der Waals surface area contributed by atoms with Gasteiger partial charge in [-0.2, -0.15) is 5.10 Å². The van der Waals surface area contributed by atoms with E-state index in [1.54, 1.807) is 31.8 Å². The maximum Gasteiger partial charge on any atom is 0.255 e. The third-order valence-electron chi connectivity index (χ3n) is 1.91. The quantitative estimate of drug-likeness (QED) is 0.707. The Balaban J connectivity index is 2.74. The van der Waals surface area contributed by atoms with Gasteiger partial charge < -0.3 is 10.4 Å². The second-order valence-corrected chi connectivity index (χ2v) is 3.36. The van der Waals surface area contributed by atoms with Crippen LogP contribution in [0, 0.1) is 6.92 Å². The highest BCUT2D eigenvalue weighted by molar-refractivity contribution is 5.95. The van der Waals surface area contributed by atoms with Crippen molar-refractivity contribution < 1.29 is 9.90 Å². The molecule has 1 heterocycles. The van der Waals surface area contributed by atoms with Gasteiger partial charge in [0.15, 0.2) is 0 Å². The predicted molar refractivity (Wildman–Crippen MR) is 52.0 cm³/mol. The van der Waals surface area contributed by atoms with E-state index < -0.39 is 0 Å². The van der Waals surface area contributed by atoms with Crippen molar-refractivity contribution in [3.63, 3.8) is 0 Å². The first-order chi connectivity index (χ1) is 6.54. The first-order valence-electron chi connectivity index (χ1n) is 4.46. The lowest BCUT2D eigenvalue weighted by atomic mass is 10.2. The molecule has 1 amide bonds. The van der Waals surface area contributed by atoms with Crippen LogP contribution < -0.4 is 5.32 Å². The van der Waals surface area contributed by atoms with Crippen molar-refractivity contribution in [1.82, 2.24) is 15.1 Å². The summed E-state index contributed by atoms with van der Waals surface area (Å²) in [5, 5.41) is 15.5. The lowest BCUT2D eigenvalue weighted by molar-refractivity contribution is 0.0921. The summed E-state index contributed by atoms with van der Waals surface area (Å²) in [5.74, 6) is -0.197. The Bertz CT molecular complexity index is 333. The Morgan fingerprint density at radius 2 is 2.43 bits per heavy atom. The molecule has 0 aromatic carbocycles. The van der Waals surface area contributed by atoms with E-state index in [0.29, 0.717) is 11.3 Å². The minimum Gasteiger partial charge on any atom is -0.394 e. The Morgan fingerprint density at radius 3 is 2.86 bits per heavy atom. The van der Waals surface area contributed by atoms with Gasteiger partial charge in [0.05, 0.1) is 17.9 Å². The summed E-state index contributed by atoms with van der Waals surface area (Å²) in [6, 6.07) is -0.234. The predicted octanol–water partition coefficient (Wildman–Crippen LogP) is -0.161. The number of carbonyl (C=O) groups is 1. The van der Waals surface area contributed by atoms with Crippen LogP contribution in [0.5, 0.6) is 0 Å². The molecule has 0 aliphatic carbocycles. The van der Waals surface area contributed by atoms with E-state index in [4.69, 9.17) is 5.11 Å². The lowest BCUT2D eigenvalue weighted by Gasteiger charge is -2.09. The third kappa shape index (κ3) is 2.32. The van der Waals surface area contributed by atoms with E-state index in [9.17, 15) is 4.79 Å². The molecule has 5 heteroatoms. The average Bonchev–Trinajstić information content (AvgIpc) is 2.45. The molecule has 0 saturated carbocycles. The molecule has 0 spiro atoms. The Hall–Kier alpha value is -1.36. The van der Waals surface area contributed by atoms with Crippen molar-refractivity contribution in [1.29, 1.82) is 0 Å². The number of rotatable bonds is 3. The number of carbonyl (C=O) groups excluding carboxylic acids is 1. The molecule has 1 atom stereocenters. The van der Waals surface area contributed by atoms with Crippen LogP contribution in [0.25, 0.3) is 0 Å². The molecule has 1 aromatic heterocycles. The summed E-state index contributed by atoms with van der Waals surface area (Å²) in [7, 11) is 1.76. The minimum absolute atomic E-state index is 0.0644. The first-order valence-corrected chi connectivity index (χ1v) is 4.46. The lowest BCUT2D eigenvalue weighted by Crippen LogP contribution is -2.35. The molecule has 2 N–H and O–H groups in total. The highest BCUT2D eigenvalue weighted by Crippen LogP contribution is 2.04. The van der Waals surface area contributed by atoms with Gasteiger partial charge in [-0.25, -0.2) is 0 Å². The molecule has 1 aromatic rings. The van der Waals surface area contributed by atoms with E-state index in [2.05, 4.69) is 10.4 Å². The molecule has 5 nitrogen and oxygen atoms in total. The van der Waals surface area contributed by atoms with Crippen LogP contribution >= 0.6 is 0 Å². The van der Waals surface area contributed by atoms with E-state index >= 15 is 0 Å². The van der Waals surface area contributed by atoms with Crippen molar-refractivity contribution in [2.75, 3.05) is 6.61 Å². The monoisotopic (exact) mass is 197 g/mol. The molecule has 1 rings (SSSR count). The first kappa shape index (κ1) is 10.7. The van der Waals surface area contributed by atoms with Crippen LogP contribution in [0.15, 0.2) is 6.20 Å². The van der Waals surface area contributed by atoms with E-state index in [0.717, 1.165) is 0 Å². The largest absolute Gasteiger partial charge is 0.394 e. The molecule has 0 aliphatic rings. The molecular weight excluding hydrogens is 182 g/mol. The second-order valence-electron chi connectivity index (χ2n) is 3.36. The third-order valence-corrected chi connectivity index (χ3v) is 1.91. The number of hydrogen-bond acceptors (Lipinski definition) is 3. The zero-order valence-electron chi connectivity index (χ0n) is 8.61. The molecular formula is C9H15N3O2. The highest BCUT2D eigenvalue weighted by Gasteiger charge is 2.13. The van der Waals surface area contributed by atoms with Crippen LogP contribution in [0.1, 0.15) is 23.0 Å². The van der Waals surface area contributed by atoms with Crippen LogP contribution in [-0.2, 0) is 7.05 Å². The summed E-state index contributed by atoms with van der Waals surface area (Å²) < 4.78 is 1.59. The summed E-state index contributed by atoms with van der Waals surface area (Å²) >= 11 is 0. The number of nitrogens with zero attached hydrogens (tertiary/aromatic N) is 2. The fourth-order valence-electron chi connectivity index (χ4n) is 1.17. The Labute approximate surface area is 82.7 Å². The number of aromatic nitrogens is 2. The number of hydrogen-bond donors (Lipinski definition) is 2. The summed E-state index contributed by atoms with van der Waals surface area (Å²) in [6.07, 6.45) is 1.66. The second kappa shape index (κ2) is 4.23. The number of aryl methyl sites for hydroxylation is 2. The average molecular weight is 197 g/mol. The van der Waals surface area contributed by atoms with Gasteiger partial charge in [-0.3, -0.25) is 9.48 Å². The SMILES string of the molecule is Cc1nn(C)cc1C(=O)N[C@@H](C)CO. The molecule has 14 heavy (non-hydrogen) atoms. The van der Waals surface area contributed by atoms with Gasteiger partial charge in [0.25, 0.3) is 5.91 Å². The van der Waals surface area contributed by atoms with Crippen molar-refractivity contribution >= 4 is 5.91 Å². The molecule has 0 aliphatic heterocycles. The standard InChI is InChI=1S/C9H15N3O2/c1-6(5-13)10-9(14)8-4-12(3)11-7(8)2/h4,6,13H,5H2,1-3H3,(H,10,14)/t6-/m0/s1. The number of nitrogens with one attached hydrogen (secondary N) is 1. The topological polar surface area (TPSA) is 67.2 Å². The smallest absolute Gasteiger partial charge is 0.255 e. The molecule has 0 radical (unpaired) electrons. The molecule has 0 unspecified atom stereocenters. The van der Waals surface area contributed by atoms with Gasteiger partial charge in [-0.15, -0.1) is 0 Å².